The molecule has 29 heavy (non-hydrogen) atoms. The lowest BCUT2D eigenvalue weighted by Crippen LogP contribution is -2.44. The second-order valence-electron chi connectivity index (χ2n) is 7.19. The largest absolute Gasteiger partial charge is 0.450 e. The molecule has 1 aromatic heterocycles. The number of benzene rings is 1. The quantitative estimate of drug-likeness (QED) is 0.582. The molecule has 1 atom stereocenters. The summed E-state index contributed by atoms with van der Waals surface area (Å²) in [6.45, 7) is 6.32. The fourth-order valence-corrected chi connectivity index (χ4v) is 3.04. The van der Waals surface area contributed by atoms with Crippen molar-refractivity contribution in [2.45, 2.75) is 46.2 Å². The van der Waals surface area contributed by atoms with Crippen molar-refractivity contribution in [2.75, 3.05) is 13.2 Å². The molecule has 0 saturated heterocycles. The van der Waals surface area contributed by atoms with Gasteiger partial charge in [0.2, 0.25) is 5.91 Å². The Morgan fingerprint density at radius 3 is 2.52 bits per heavy atom. The average molecular weight is 404 g/mol. The van der Waals surface area contributed by atoms with E-state index < -0.39 is 6.09 Å². The van der Waals surface area contributed by atoms with Crippen molar-refractivity contribution in [3.63, 3.8) is 0 Å². The molecule has 0 bridgehead atoms. The van der Waals surface area contributed by atoms with Gasteiger partial charge in [-0.2, -0.15) is 0 Å². The number of alkyl carbamates (subject to hydrolysis) is 1. The molecule has 3 N–H and O–H groups in total. The van der Waals surface area contributed by atoms with E-state index in [4.69, 9.17) is 4.74 Å². The fraction of sp³-hybridized carbons (Fsp3) is 0.500. The molecule has 0 aliphatic rings. The Morgan fingerprint density at radius 1 is 1.17 bits per heavy atom. The van der Waals surface area contributed by atoms with E-state index in [-0.39, 0.29) is 49.2 Å². The molecule has 2 aromatic rings. The Balaban J connectivity index is 1.95. The number of rotatable bonds is 9. The first-order valence-corrected chi connectivity index (χ1v) is 9.73. The highest BCUT2D eigenvalue weighted by Crippen LogP contribution is 2.05. The lowest BCUT2D eigenvalue weighted by Gasteiger charge is -2.20. The number of aromatic nitrogens is 2. The number of H-pyrrole nitrogens is 1. The van der Waals surface area contributed by atoms with Crippen molar-refractivity contribution in [1.82, 2.24) is 20.4 Å². The van der Waals surface area contributed by atoms with Gasteiger partial charge in [-0.25, -0.2) is 9.48 Å². The van der Waals surface area contributed by atoms with Gasteiger partial charge in [0.05, 0.1) is 23.9 Å². The number of hydrogen-bond donors (Lipinski definition) is 3. The van der Waals surface area contributed by atoms with E-state index in [0.29, 0.717) is 23.1 Å². The molecule has 0 spiro atoms. The molecular formula is C20H28N4O5. The van der Waals surface area contributed by atoms with E-state index in [1.54, 1.807) is 31.2 Å². The Morgan fingerprint density at radius 2 is 1.86 bits per heavy atom. The third kappa shape index (κ3) is 6.48. The summed E-state index contributed by atoms with van der Waals surface area (Å²) in [4.78, 5) is 48.4. The molecule has 0 aliphatic heterocycles. The highest BCUT2D eigenvalue weighted by molar-refractivity contribution is 5.80. The first-order chi connectivity index (χ1) is 13.8. The van der Waals surface area contributed by atoms with E-state index in [1.165, 1.54) is 0 Å². The van der Waals surface area contributed by atoms with Gasteiger partial charge in [0, 0.05) is 19.0 Å². The minimum absolute atomic E-state index is 0.0159. The second-order valence-corrected chi connectivity index (χ2v) is 7.19. The topological polar surface area (TPSA) is 122 Å². The van der Waals surface area contributed by atoms with Crippen molar-refractivity contribution in [2.24, 2.45) is 5.92 Å². The molecular weight excluding hydrogens is 376 g/mol. The van der Waals surface area contributed by atoms with Crippen LogP contribution in [0.25, 0.3) is 10.8 Å². The Labute approximate surface area is 168 Å². The average Bonchev–Trinajstić information content (AvgIpc) is 2.67. The maximum atomic E-state index is 12.5. The van der Waals surface area contributed by atoms with Crippen LogP contribution in [-0.4, -0.2) is 41.0 Å². The molecule has 158 valence electrons. The van der Waals surface area contributed by atoms with E-state index in [2.05, 4.69) is 15.7 Å². The molecule has 9 heteroatoms. The molecule has 9 nitrogen and oxygen atoms in total. The van der Waals surface area contributed by atoms with Gasteiger partial charge in [-0.15, -0.1) is 0 Å². The molecule has 2 rings (SSSR count). The summed E-state index contributed by atoms with van der Waals surface area (Å²) in [6.07, 6.45) is 0.172. The van der Waals surface area contributed by atoms with Gasteiger partial charge in [-0.3, -0.25) is 19.5 Å². The molecule has 2 amide bonds. The number of amides is 2. The van der Waals surface area contributed by atoms with Gasteiger partial charge in [0.25, 0.3) is 11.1 Å². The van der Waals surface area contributed by atoms with Gasteiger partial charge in [-0.1, -0.05) is 26.0 Å². The van der Waals surface area contributed by atoms with Gasteiger partial charge >= 0.3 is 6.09 Å². The SMILES string of the molecule is CCOC(=O)NC(CNC(=O)CCn1[nH]c(=O)c2ccccc2c1=O)CC(C)C. The zero-order valence-corrected chi connectivity index (χ0v) is 17.0. The maximum absolute atomic E-state index is 12.5. The van der Waals surface area contributed by atoms with Crippen molar-refractivity contribution < 1.29 is 14.3 Å². The van der Waals surface area contributed by atoms with Crippen LogP contribution < -0.4 is 21.8 Å². The number of aromatic amines is 1. The van der Waals surface area contributed by atoms with Crippen LogP contribution in [-0.2, 0) is 16.1 Å². The molecule has 1 heterocycles. The molecule has 1 aromatic carbocycles. The molecule has 1 unspecified atom stereocenters. The third-order valence-electron chi connectivity index (χ3n) is 4.35. The van der Waals surface area contributed by atoms with Crippen molar-refractivity contribution in [3.8, 4) is 0 Å². The van der Waals surface area contributed by atoms with Crippen LogP contribution in [0.15, 0.2) is 33.9 Å². The normalized spacial score (nSPS) is 12.0. The molecule has 0 saturated carbocycles. The smallest absolute Gasteiger partial charge is 0.407 e. The number of aryl methyl sites for hydroxylation is 1. The standard InChI is InChI=1S/C20H28N4O5/c1-4-29-20(28)22-14(11-13(2)3)12-21-17(25)9-10-24-19(27)16-8-6-5-7-15(16)18(26)23-24/h5-8,13-14H,4,9-12H2,1-3H3,(H,21,25)(H,22,28)(H,23,26). The summed E-state index contributed by atoms with van der Waals surface area (Å²) in [5, 5.41) is 8.63. The second kappa shape index (κ2) is 10.4. The highest BCUT2D eigenvalue weighted by Gasteiger charge is 2.16. The molecule has 0 aliphatic carbocycles. The molecule has 0 fully saturated rings. The van der Waals surface area contributed by atoms with E-state index in [9.17, 15) is 19.2 Å². The Bertz CT molecular complexity index is 963. The summed E-state index contributed by atoms with van der Waals surface area (Å²) in [5.74, 6) is 0.0328. The van der Waals surface area contributed by atoms with Crippen LogP contribution in [0.2, 0.25) is 0 Å². The minimum atomic E-state index is -0.521. The van der Waals surface area contributed by atoms with Crippen LogP contribution in [0.5, 0.6) is 0 Å². The summed E-state index contributed by atoms with van der Waals surface area (Å²) in [7, 11) is 0. The summed E-state index contributed by atoms with van der Waals surface area (Å²) >= 11 is 0. The molecule has 0 radical (unpaired) electrons. The lowest BCUT2D eigenvalue weighted by atomic mass is 10.0. The van der Waals surface area contributed by atoms with Crippen molar-refractivity contribution >= 4 is 22.8 Å². The number of fused-ring (bicyclic) bond motifs is 1. The highest BCUT2D eigenvalue weighted by atomic mass is 16.5. The summed E-state index contributed by atoms with van der Waals surface area (Å²) in [6, 6.07) is 6.28. The van der Waals surface area contributed by atoms with Crippen LogP contribution in [0.4, 0.5) is 4.79 Å². The summed E-state index contributed by atoms with van der Waals surface area (Å²) < 4.78 is 6.04. The van der Waals surface area contributed by atoms with Gasteiger partial charge < -0.3 is 15.4 Å². The first-order valence-electron chi connectivity index (χ1n) is 9.73. The van der Waals surface area contributed by atoms with Gasteiger partial charge in [0.1, 0.15) is 0 Å². The lowest BCUT2D eigenvalue weighted by molar-refractivity contribution is -0.121. The monoisotopic (exact) mass is 404 g/mol. The number of carbonyl (C=O) groups is 2. The predicted octanol–water partition coefficient (Wildman–Crippen LogP) is 1.36. The van der Waals surface area contributed by atoms with Crippen LogP contribution in [0.1, 0.15) is 33.6 Å². The number of ether oxygens (including phenoxy) is 1. The van der Waals surface area contributed by atoms with E-state index >= 15 is 0 Å². The Hall–Kier alpha value is -3.10. The predicted molar refractivity (Wildman–Crippen MR) is 110 cm³/mol. The van der Waals surface area contributed by atoms with E-state index in [0.717, 1.165) is 4.68 Å². The van der Waals surface area contributed by atoms with Gasteiger partial charge in [0.15, 0.2) is 0 Å². The fourth-order valence-electron chi connectivity index (χ4n) is 3.04. The zero-order valence-electron chi connectivity index (χ0n) is 17.0. The Kier molecular flexibility index (Phi) is 7.99. The van der Waals surface area contributed by atoms with E-state index in [1.807, 2.05) is 13.8 Å². The number of nitrogens with zero attached hydrogens (tertiary/aromatic N) is 1. The summed E-state index contributed by atoms with van der Waals surface area (Å²) in [5.41, 5.74) is -0.731. The van der Waals surface area contributed by atoms with Crippen LogP contribution in [0, 0.1) is 5.92 Å². The van der Waals surface area contributed by atoms with Crippen LogP contribution in [0.3, 0.4) is 0 Å². The van der Waals surface area contributed by atoms with Crippen molar-refractivity contribution in [1.29, 1.82) is 0 Å². The number of hydrogen-bond acceptors (Lipinski definition) is 5. The van der Waals surface area contributed by atoms with Gasteiger partial charge in [-0.05, 0) is 31.4 Å². The van der Waals surface area contributed by atoms with Crippen molar-refractivity contribution in [3.05, 3.63) is 45.0 Å². The number of carbonyl (C=O) groups excluding carboxylic acids is 2. The minimum Gasteiger partial charge on any atom is -0.450 e. The van der Waals surface area contributed by atoms with Crippen LogP contribution >= 0.6 is 0 Å². The maximum Gasteiger partial charge on any atom is 0.407 e. The third-order valence-corrected chi connectivity index (χ3v) is 4.35. The first kappa shape index (κ1) is 22.2. The number of nitrogens with one attached hydrogen (secondary N) is 3. The zero-order chi connectivity index (χ0) is 21.4.